The van der Waals surface area contributed by atoms with E-state index in [0.717, 1.165) is 23.8 Å². The molecule has 16 heavy (non-hydrogen) atoms. The summed E-state index contributed by atoms with van der Waals surface area (Å²) in [5, 5.41) is 12.2. The van der Waals surface area contributed by atoms with Gasteiger partial charge in [-0.3, -0.25) is 0 Å². The fourth-order valence-corrected chi connectivity index (χ4v) is 3.03. The van der Waals surface area contributed by atoms with Crippen LogP contribution in [0, 0.1) is 17.2 Å². The molecule has 2 nitrogen and oxygen atoms in total. The molecular formula is C13H16N2S. The molecule has 0 saturated carbocycles. The molecule has 1 fully saturated rings. The lowest BCUT2D eigenvalue weighted by Crippen LogP contribution is -2.30. The fraction of sp³-hybridized carbons (Fsp3) is 0.462. The average molecular weight is 232 g/mol. The van der Waals surface area contributed by atoms with Crippen molar-refractivity contribution < 1.29 is 0 Å². The third-order valence-corrected chi connectivity index (χ3v) is 4.07. The molecule has 1 aliphatic heterocycles. The molecule has 2 rings (SSSR count). The highest BCUT2D eigenvalue weighted by atomic mass is 32.2. The van der Waals surface area contributed by atoms with Gasteiger partial charge in [0.2, 0.25) is 0 Å². The van der Waals surface area contributed by atoms with E-state index in [2.05, 4.69) is 17.5 Å². The summed E-state index contributed by atoms with van der Waals surface area (Å²) in [6.07, 6.45) is 2.63. The molecule has 1 unspecified atom stereocenters. The van der Waals surface area contributed by atoms with E-state index < -0.39 is 0 Å². The van der Waals surface area contributed by atoms with Crippen molar-refractivity contribution in [2.75, 3.05) is 18.8 Å². The Kier molecular flexibility index (Phi) is 4.26. The Morgan fingerprint density at radius 3 is 3.19 bits per heavy atom. The van der Waals surface area contributed by atoms with Crippen LogP contribution in [0.3, 0.4) is 0 Å². The van der Waals surface area contributed by atoms with Gasteiger partial charge in [-0.25, -0.2) is 0 Å². The first kappa shape index (κ1) is 11.5. The molecule has 84 valence electrons. The van der Waals surface area contributed by atoms with E-state index in [0.29, 0.717) is 0 Å². The third-order valence-electron chi connectivity index (χ3n) is 2.85. The summed E-state index contributed by atoms with van der Waals surface area (Å²) in [7, 11) is 0. The van der Waals surface area contributed by atoms with E-state index in [-0.39, 0.29) is 0 Å². The zero-order valence-corrected chi connectivity index (χ0v) is 10.1. The molecule has 0 bridgehead atoms. The number of benzene rings is 1. The molecule has 1 N–H and O–H groups in total. The second kappa shape index (κ2) is 5.93. The summed E-state index contributed by atoms with van der Waals surface area (Å²) in [5.74, 6) is 1.94. The third kappa shape index (κ3) is 3.26. The van der Waals surface area contributed by atoms with Crippen molar-refractivity contribution >= 4 is 11.8 Å². The number of nitrogens with zero attached hydrogens (tertiary/aromatic N) is 1. The standard InChI is InChI=1S/C13H16N2S/c14-8-11-3-1-5-13(7-11)16-10-12-4-2-6-15-9-12/h1,3,5,7,12,15H,2,4,6,9-10H2. The predicted octanol–water partition coefficient (Wildman–Crippen LogP) is 2.65. The molecule has 0 aromatic heterocycles. The molecular weight excluding hydrogens is 216 g/mol. The van der Waals surface area contributed by atoms with E-state index in [1.54, 1.807) is 0 Å². The van der Waals surface area contributed by atoms with Crippen LogP contribution in [-0.2, 0) is 0 Å². The van der Waals surface area contributed by atoms with Crippen molar-refractivity contribution in [1.82, 2.24) is 5.32 Å². The van der Waals surface area contributed by atoms with Crippen LogP contribution in [0.2, 0.25) is 0 Å². The van der Waals surface area contributed by atoms with Crippen molar-refractivity contribution in [3.63, 3.8) is 0 Å². The van der Waals surface area contributed by atoms with Gasteiger partial charge in [0.25, 0.3) is 0 Å². The predicted molar refractivity (Wildman–Crippen MR) is 67.5 cm³/mol. The first-order valence-corrected chi connectivity index (χ1v) is 6.71. The maximum atomic E-state index is 8.81. The van der Waals surface area contributed by atoms with Crippen LogP contribution >= 0.6 is 11.8 Å². The number of hydrogen-bond donors (Lipinski definition) is 1. The van der Waals surface area contributed by atoms with Gasteiger partial charge >= 0.3 is 0 Å². The topological polar surface area (TPSA) is 35.8 Å². The number of rotatable bonds is 3. The molecule has 3 heteroatoms. The quantitative estimate of drug-likeness (QED) is 0.814. The van der Waals surface area contributed by atoms with Crippen LogP contribution in [0.4, 0.5) is 0 Å². The second-order valence-electron chi connectivity index (χ2n) is 4.16. The van der Waals surface area contributed by atoms with E-state index in [1.807, 2.05) is 30.0 Å². The molecule has 0 radical (unpaired) electrons. The summed E-state index contributed by atoms with van der Waals surface area (Å²) in [5.41, 5.74) is 0.756. The van der Waals surface area contributed by atoms with Gasteiger partial charge in [-0.1, -0.05) is 6.07 Å². The molecule has 0 spiro atoms. The second-order valence-corrected chi connectivity index (χ2v) is 5.26. The number of nitrogens with one attached hydrogen (secondary N) is 1. The Morgan fingerprint density at radius 1 is 1.50 bits per heavy atom. The molecule has 0 amide bonds. The van der Waals surface area contributed by atoms with Crippen molar-refractivity contribution in [1.29, 1.82) is 5.26 Å². The summed E-state index contributed by atoms with van der Waals surface area (Å²) >= 11 is 1.87. The van der Waals surface area contributed by atoms with Gasteiger partial charge in [-0.15, -0.1) is 11.8 Å². The largest absolute Gasteiger partial charge is 0.316 e. The van der Waals surface area contributed by atoms with E-state index in [1.165, 1.54) is 24.3 Å². The lowest BCUT2D eigenvalue weighted by Gasteiger charge is -2.22. The van der Waals surface area contributed by atoms with Gasteiger partial charge in [0, 0.05) is 10.6 Å². The summed E-state index contributed by atoms with van der Waals surface area (Å²) < 4.78 is 0. The minimum absolute atomic E-state index is 0.756. The van der Waals surface area contributed by atoms with Gasteiger partial charge in [-0.05, 0) is 50.0 Å². The molecule has 1 saturated heterocycles. The Labute approximate surface area is 101 Å². The summed E-state index contributed by atoms with van der Waals surface area (Å²) in [4.78, 5) is 1.21. The number of nitriles is 1. The molecule has 1 aromatic rings. The van der Waals surface area contributed by atoms with Crippen LogP contribution in [0.15, 0.2) is 29.2 Å². The highest BCUT2D eigenvalue weighted by Gasteiger charge is 2.12. The van der Waals surface area contributed by atoms with Crippen molar-refractivity contribution in [3.05, 3.63) is 29.8 Å². The maximum absolute atomic E-state index is 8.81. The molecule has 0 aliphatic carbocycles. The first-order chi connectivity index (χ1) is 7.88. The van der Waals surface area contributed by atoms with Gasteiger partial charge in [0.1, 0.15) is 0 Å². The van der Waals surface area contributed by atoms with Crippen LogP contribution < -0.4 is 5.32 Å². The fourth-order valence-electron chi connectivity index (χ4n) is 1.94. The number of thioether (sulfide) groups is 1. The normalized spacial score (nSPS) is 20.3. The van der Waals surface area contributed by atoms with Crippen LogP contribution in [0.5, 0.6) is 0 Å². The summed E-state index contributed by atoms with van der Waals surface area (Å²) in [6.45, 7) is 2.32. The minimum atomic E-state index is 0.756. The van der Waals surface area contributed by atoms with E-state index in [4.69, 9.17) is 5.26 Å². The zero-order chi connectivity index (χ0) is 11.2. The molecule has 1 aliphatic rings. The molecule has 1 heterocycles. The monoisotopic (exact) mass is 232 g/mol. The van der Waals surface area contributed by atoms with Crippen molar-refractivity contribution in [2.24, 2.45) is 5.92 Å². The first-order valence-electron chi connectivity index (χ1n) is 5.72. The Morgan fingerprint density at radius 2 is 2.44 bits per heavy atom. The highest BCUT2D eigenvalue weighted by molar-refractivity contribution is 7.99. The van der Waals surface area contributed by atoms with Crippen LogP contribution in [-0.4, -0.2) is 18.8 Å². The van der Waals surface area contributed by atoms with Crippen LogP contribution in [0.1, 0.15) is 18.4 Å². The molecule has 1 aromatic carbocycles. The Balaban J connectivity index is 1.86. The van der Waals surface area contributed by atoms with Gasteiger partial charge in [-0.2, -0.15) is 5.26 Å². The lowest BCUT2D eigenvalue weighted by atomic mass is 10.0. The lowest BCUT2D eigenvalue weighted by molar-refractivity contribution is 0.410. The Bertz CT molecular complexity index is 378. The van der Waals surface area contributed by atoms with E-state index in [9.17, 15) is 0 Å². The summed E-state index contributed by atoms with van der Waals surface area (Å²) in [6, 6.07) is 10.0. The number of piperidine rings is 1. The number of hydrogen-bond acceptors (Lipinski definition) is 3. The Hall–Kier alpha value is -0.980. The average Bonchev–Trinajstić information content (AvgIpc) is 2.38. The SMILES string of the molecule is N#Cc1cccc(SCC2CCCNC2)c1. The minimum Gasteiger partial charge on any atom is -0.316 e. The molecule has 1 atom stereocenters. The maximum Gasteiger partial charge on any atom is 0.0992 e. The van der Waals surface area contributed by atoms with Crippen molar-refractivity contribution in [2.45, 2.75) is 17.7 Å². The van der Waals surface area contributed by atoms with E-state index >= 15 is 0 Å². The smallest absolute Gasteiger partial charge is 0.0992 e. The van der Waals surface area contributed by atoms with Gasteiger partial charge in [0.05, 0.1) is 11.6 Å². The zero-order valence-electron chi connectivity index (χ0n) is 9.28. The highest BCUT2D eigenvalue weighted by Crippen LogP contribution is 2.24. The van der Waals surface area contributed by atoms with Gasteiger partial charge < -0.3 is 5.32 Å². The van der Waals surface area contributed by atoms with Crippen LogP contribution in [0.25, 0.3) is 0 Å². The van der Waals surface area contributed by atoms with Crippen molar-refractivity contribution in [3.8, 4) is 6.07 Å². The van der Waals surface area contributed by atoms with Gasteiger partial charge in [0.15, 0.2) is 0 Å².